The largest absolute Gasteiger partial charge is 0.508 e. The third-order valence-corrected chi connectivity index (χ3v) is 3.47. The second-order valence-corrected chi connectivity index (χ2v) is 4.80. The van der Waals surface area contributed by atoms with Gasteiger partial charge in [-0.3, -0.25) is 0 Å². The van der Waals surface area contributed by atoms with Gasteiger partial charge in [-0.25, -0.2) is 4.98 Å². The smallest absolute Gasteiger partial charge is 0.133 e. The fourth-order valence-electron chi connectivity index (χ4n) is 2.43. The van der Waals surface area contributed by atoms with E-state index in [1.165, 1.54) is 6.42 Å². The lowest BCUT2D eigenvalue weighted by molar-refractivity contribution is 0.476. The molecule has 1 atom stereocenters. The number of phenolic OH excluding ortho intramolecular Hbond substituents is 1. The van der Waals surface area contributed by atoms with Crippen LogP contribution in [0.3, 0.4) is 0 Å². The maximum absolute atomic E-state index is 9.57. The van der Waals surface area contributed by atoms with E-state index in [-0.39, 0.29) is 5.75 Å². The summed E-state index contributed by atoms with van der Waals surface area (Å²) in [5.41, 5.74) is 0. The minimum absolute atomic E-state index is 0.279. The summed E-state index contributed by atoms with van der Waals surface area (Å²) in [5.74, 6) is 1.80. The summed E-state index contributed by atoms with van der Waals surface area (Å²) in [6.45, 7) is 3.11. The van der Waals surface area contributed by atoms with Crippen LogP contribution in [0.2, 0.25) is 0 Å². The van der Waals surface area contributed by atoms with Crippen molar-refractivity contribution in [1.29, 1.82) is 0 Å². The second-order valence-electron chi connectivity index (χ2n) is 4.80. The number of aromatic nitrogens is 1. The molecule has 1 aliphatic rings. The topological polar surface area (TPSA) is 57.2 Å². The Balaban J connectivity index is 1.84. The molecule has 1 aromatic heterocycles. The van der Waals surface area contributed by atoms with E-state index in [1.54, 1.807) is 18.3 Å². The van der Waals surface area contributed by atoms with Gasteiger partial charge in [0.1, 0.15) is 11.6 Å². The van der Waals surface area contributed by atoms with E-state index in [0.29, 0.717) is 5.92 Å². The van der Waals surface area contributed by atoms with Gasteiger partial charge in [-0.1, -0.05) is 6.07 Å². The molecule has 0 radical (unpaired) electrons. The first kappa shape index (κ1) is 11.3. The lowest BCUT2D eigenvalue weighted by Crippen LogP contribution is -2.17. The number of benzene rings is 1. The van der Waals surface area contributed by atoms with Crippen molar-refractivity contribution in [2.24, 2.45) is 5.92 Å². The summed E-state index contributed by atoms with van der Waals surface area (Å²) in [6.07, 6.45) is 3.01. The van der Waals surface area contributed by atoms with Crippen LogP contribution in [0.1, 0.15) is 6.42 Å². The molecule has 94 valence electrons. The SMILES string of the molecule is Oc1ccc2ccnc(NCC3CCNC3)c2c1. The Bertz CT molecular complexity index is 550. The number of hydrogen-bond donors (Lipinski definition) is 3. The van der Waals surface area contributed by atoms with Crippen molar-refractivity contribution < 1.29 is 5.11 Å². The molecule has 2 aromatic rings. The van der Waals surface area contributed by atoms with Crippen LogP contribution >= 0.6 is 0 Å². The fraction of sp³-hybridized carbons (Fsp3) is 0.357. The highest BCUT2D eigenvalue weighted by atomic mass is 16.3. The van der Waals surface area contributed by atoms with Crippen LogP contribution in [0.5, 0.6) is 5.75 Å². The Hall–Kier alpha value is -1.81. The highest BCUT2D eigenvalue weighted by molar-refractivity contribution is 5.92. The Morgan fingerprint density at radius 2 is 2.33 bits per heavy atom. The number of phenols is 1. The summed E-state index contributed by atoms with van der Waals surface area (Å²) < 4.78 is 0. The Morgan fingerprint density at radius 3 is 3.17 bits per heavy atom. The molecule has 1 saturated heterocycles. The lowest BCUT2D eigenvalue weighted by Gasteiger charge is -2.12. The number of aromatic hydroxyl groups is 1. The van der Waals surface area contributed by atoms with Gasteiger partial charge in [-0.15, -0.1) is 0 Å². The van der Waals surface area contributed by atoms with Gasteiger partial charge in [0.25, 0.3) is 0 Å². The Labute approximate surface area is 106 Å². The summed E-state index contributed by atoms with van der Waals surface area (Å²) in [7, 11) is 0. The lowest BCUT2D eigenvalue weighted by atomic mass is 10.1. The molecule has 3 N–H and O–H groups in total. The molecule has 1 aliphatic heterocycles. The van der Waals surface area contributed by atoms with Gasteiger partial charge in [0.15, 0.2) is 0 Å². The van der Waals surface area contributed by atoms with Gasteiger partial charge in [-0.2, -0.15) is 0 Å². The van der Waals surface area contributed by atoms with Crippen molar-refractivity contribution in [3.63, 3.8) is 0 Å². The molecule has 0 aliphatic carbocycles. The number of nitrogens with zero attached hydrogens (tertiary/aromatic N) is 1. The van der Waals surface area contributed by atoms with Crippen LogP contribution in [-0.4, -0.2) is 29.7 Å². The highest BCUT2D eigenvalue weighted by Crippen LogP contribution is 2.25. The van der Waals surface area contributed by atoms with Crippen LogP contribution in [0.15, 0.2) is 30.5 Å². The van der Waals surface area contributed by atoms with Crippen molar-refractivity contribution in [3.05, 3.63) is 30.5 Å². The molecule has 4 heteroatoms. The standard InChI is InChI=1S/C14H17N3O/c18-12-2-1-11-4-6-16-14(13(11)7-12)17-9-10-3-5-15-8-10/h1-2,4,6-7,10,15,18H,3,5,8-9H2,(H,16,17). The van der Waals surface area contributed by atoms with Crippen LogP contribution in [0.4, 0.5) is 5.82 Å². The van der Waals surface area contributed by atoms with Crippen molar-refractivity contribution in [2.45, 2.75) is 6.42 Å². The summed E-state index contributed by atoms with van der Waals surface area (Å²) >= 11 is 0. The molecule has 3 rings (SSSR count). The first-order valence-corrected chi connectivity index (χ1v) is 6.35. The monoisotopic (exact) mass is 243 g/mol. The molecule has 0 bridgehead atoms. The van der Waals surface area contributed by atoms with Gasteiger partial charge in [-0.05, 0) is 49.0 Å². The molecule has 1 aromatic carbocycles. The van der Waals surface area contributed by atoms with Gasteiger partial charge in [0.2, 0.25) is 0 Å². The first-order chi connectivity index (χ1) is 8.83. The van der Waals surface area contributed by atoms with Crippen molar-refractivity contribution >= 4 is 16.6 Å². The number of fused-ring (bicyclic) bond motifs is 1. The number of pyridine rings is 1. The third kappa shape index (κ3) is 2.24. The van der Waals surface area contributed by atoms with Crippen LogP contribution in [-0.2, 0) is 0 Å². The maximum Gasteiger partial charge on any atom is 0.133 e. The number of nitrogens with one attached hydrogen (secondary N) is 2. The number of rotatable bonds is 3. The van der Waals surface area contributed by atoms with Gasteiger partial charge >= 0.3 is 0 Å². The number of hydrogen-bond acceptors (Lipinski definition) is 4. The molecule has 0 spiro atoms. The zero-order chi connectivity index (χ0) is 12.4. The average Bonchev–Trinajstić information content (AvgIpc) is 2.89. The fourth-order valence-corrected chi connectivity index (χ4v) is 2.43. The van der Waals surface area contributed by atoms with Gasteiger partial charge in [0, 0.05) is 18.1 Å². The third-order valence-electron chi connectivity index (χ3n) is 3.47. The normalized spacial score (nSPS) is 19.2. The Kier molecular flexibility index (Phi) is 3.02. The zero-order valence-electron chi connectivity index (χ0n) is 10.2. The van der Waals surface area contributed by atoms with E-state index in [2.05, 4.69) is 15.6 Å². The van der Waals surface area contributed by atoms with Crippen LogP contribution in [0, 0.1) is 5.92 Å². The summed E-state index contributed by atoms with van der Waals surface area (Å²) in [4.78, 5) is 4.37. The second kappa shape index (κ2) is 4.82. The minimum Gasteiger partial charge on any atom is -0.508 e. The van der Waals surface area contributed by atoms with Crippen LogP contribution in [0.25, 0.3) is 10.8 Å². The molecule has 0 amide bonds. The van der Waals surface area contributed by atoms with E-state index in [9.17, 15) is 5.11 Å². The van der Waals surface area contributed by atoms with Crippen LogP contribution < -0.4 is 10.6 Å². The number of anilines is 1. The van der Waals surface area contributed by atoms with Crippen molar-refractivity contribution in [3.8, 4) is 5.75 Å². The molecule has 2 heterocycles. The molecular weight excluding hydrogens is 226 g/mol. The van der Waals surface area contributed by atoms with E-state index in [4.69, 9.17) is 0 Å². The zero-order valence-corrected chi connectivity index (χ0v) is 10.2. The molecule has 0 saturated carbocycles. The summed E-state index contributed by atoms with van der Waals surface area (Å²) in [6, 6.07) is 7.33. The molecular formula is C14H17N3O. The molecule has 1 unspecified atom stereocenters. The average molecular weight is 243 g/mol. The predicted octanol–water partition coefficient (Wildman–Crippen LogP) is 1.96. The Morgan fingerprint density at radius 1 is 1.39 bits per heavy atom. The van der Waals surface area contributed by atoms with E-state index >= 15 is 0 Å². The maximum atomic E-state index is 9.57. The van der Waals surface area contributed by atoms with Gasteiger partial charge in [0.05, 0.1) is 0 Å². The van der Waals surface area contributed by atoms with E-state index in [0.717, 1.165) is 36.2 Å². The molecule has 4 nitrogen and oxygen atoms in total. The predicted molar refractivity (Wildman–Crippen MR) is 72.9 cm³/mol. The minimum atomic E-state index is 0.279. The molecule has 1 fully saturated rings. The van der Waals surface area contributed by atoms with E-state index in [1.807, 2.05) is 12.1 Å². The van der Waals surface area contributed by atoms with E-state index < -0.39 is 0 Å². The molecule has 18 heavy (non-hydrogen) atoms. The van der Waals surface area contributed by atoms with Gasteiger partial charge < -0.3 is 15.7 Å². The van der Waals surface area contributed by atoms with Crippen molar-refractivity contribution in [2.75, 3.05) is 25.0 Å². The quantitative estimate of drug-likeness (QED) is 0.771. The summed E-state index contributed by atoms with van der Waals surface area (Å²) in [5, 5.41) is 18.4. The first-order valence-electron chi connectivity index (χ1n) is 6.35. The highest BCUT2D eigenvalue weighted by Gasteiger charge is 2.14. The van der Waals surface area contributed by atoms with Crippen molar-refractivity contribution in [1.82, 2.24) is 10.3 Å².